The molecule has 2 fully saturated rings. The molecule has 2 aliphatic rings. The van der Waals surface area contributed by atoms with E-state index in [1.54, 1.807) is 0 Å². The summed E-state index contributed by atoms with van der Waals surface area (Å²) >= 11 is 0. The molecule has 1 unspecified atom stereocenters. The van der Waals surface area contributed by atoms with Gasteiger partial charge in [0.15, 0.2) is 0 Å². The number of ether oxygens (including phenoxy) is 1. The molecular formula is C18H28N2O. The predicted molar refractivity (Wildman–Crippen MR) is 86.4 cm³/mol. The number of rotatable bonds is 6. The summed E-state index contributed by atoms with van der Waals surface area (Å²) in [5.74, 6) is 0.800. The average Bonchev–Trinajstić information content (AvgIpc) is 3.07. The van der Waals surface area contributed by atoms with Crippen LogP contribution in [0.25, 0.3) is 0 Å². The first-order valence-electron chi connectivity index (χ1n) is 8.51. The van der Waals surface area contributed by atoms with Gasteiger partial charge in [0.25, 0.3) is 0 Å². The minimum absolute atomic E-state index is 0.536. The van der Waals surface area contributed by atoms with Gasteiger partial charge < -0.3 is 10.1 Å². The van der Waals surface area contributed by atoms with E-state index >= 15 is 0 Å². The Labute approximate surface area is 128 Å². The Morgan fingerprint density at radius 1 is 1.10 bits per heavy atom. The minimum atomic E-state index is 0.536. The van der Waals surface area contributed by atoms with Crippen LogP contribution in [0.15, 0.2) is 30.3 Å². The van der Waals surface area contributed by atoms with Gasteiger partial charge in [0.05, 0.1) is 0 Å². The molecular weight excluding hydrogens is 260 g/mol. The van der Waals surface area contributed by atoms with Gasteiger partial charge in [0.1, 0.15) is 0 Å². The summed E-state index contributed by atoms with van der Waals surface area (Å²) in [4.78, 5) is 2.65. The largest absolute Gasteiger partial charge is 0.381 e. The summed E-state index contributed by atoms with van der Waals surface area (Å²) in [5.41, 5.74) is 1.46. The standard InChI is InChI=1S/C18H28N2O/c1-2-6-17(7-3-1)18(20-10-4-5-11-20)15-19-14-16-8-12-21-13-9-16/h1-3,6-7,16,18-19H,4-5,8-15H2. The quantitative estimate of drug-likeness (QED) is 0.871. The Bertz CT molecular complexity index is 397. The fourth-order valence-electron chi connectivity index (χ4n) is 3.56. The van der Waals surface area contributed by atoms with Gasteiger partial charge >= 0.3 is 0 Å². The van der Waals surface area contributed by atoms with Gasteiger partial charge in [-0.15, -0.1) is 0 Å². The molecule has 2 saturated heterocycles. The van der Waals surface area contributed by atoms with Crippen molar-refractivity contribution in [3.05, 3.63) is 35.9 Å². The second-order valence-electron chi connectivity index (χ2n) is 6.38. The van der Waals surface area contributed by atoms with Crippen molar-refractivity contribution in [1.29, 1.82) is 0 Å². The van der Waals surface area contributed by atoms with Crippen molar-refractivity contribution < 1.29 is 4.74 Å². The lowest BCUT2D eigenvalue weighted by Crippen LogP contribution is -2.37. The molecule has 21 heavy (non-hydrogen) atoms. The monoisotopic (exact) mass is 288 g/mol. The number of hydrogen-bond donors (Lipinski definition) is 1. The summed E-state index contributed by atoms with van der Waals surface area (Å²) in [5, 5.41) is 3.73. The van der Waals surface area contributed by atoms with E-state index in [0.29, 0.717) is 6.04 Å². The lowest BCUT2D eigenvalue weighted by molar-refractivity contribution is 0.0657. The van der Waals surface area contributed by atoms with Gasteiger partial charge in [-0.1, -0.05) is 30.3 Å². The van der Waals surface area contributed by atoms with Crippen molar-refractivity contribution in [2.45, 2.75) is 31.7 Å². The lowest BCUT2D eigenvalue weighted by atomic mass is 10.00. The maximum atomic E-state index is 5.44. The zero-order valence-electron chi connectivity index (χ0n) is 13.0. The molecule has 0 radical (unpaired) electrons. The summed E-state index contributed by atoms with van der Waals surface area (Å²) in [6, 6.07) is 11.5. The molecule has 1 aromatic carbocycles. The second-order valence-corrected chi connectivity index (χ2v) is 6.38. The number of likely N-dealkylation sites (tertiary alicyclic amines) is 1. The Hall–Kier alpha value is -0.900. The fraction of sp³-hybridized carbons (Fsp3) is 0.667. The van der Waals surface area contributed by atoms with Crippen LogP contribution in [-0.4, -0.2) is 44.3 Å². The maximum Gasteiger partial charge on any atom is 0.0472 e. The molecule has 2 heterocycles. The van der Waals surface area contributed by atoms with Crippen LogP contribution < -0.4 is 5.32 Å². The second kappa shape index (κ2) is 7.92. The molecule has 1 atom stereocenters. The first-order valence-corrected chi connectivity index (χ1v) is 8.51. The highest BCUT2D eigenvalue weighted by Crippen LogP contribution is 2.24. The molecule has 0 aromatic heterocycles. The number of hydrogen-bond acceptors (Lipinski definition) is 3. The minimum Gasteiger partial charge on any atom is -0.381 e. The van der Waals surface area contributed by atoms with Gasteiger partial charge in [-0.05, 0) is 56.8 Å². The maximum absolute atomic E-state index is 5.44. The summed E-state index contributed by atoms with van der Waals surface area (Å²) < 4.78 is 5.44. The number of nitrogens with one attached hydrogen (secondary N) is 1. The van der Waals surface area contributed by atoms with Crippen LogP contribution in [0.4, 0.5) is 0 Å². The molecule has 1 aromatic rings. The molecule has 0 spiro atoms. The first kappa shape index (κ1) is 15.0. The van der Waals surface area contributed by atoms with Crippen molar-refractivity contribution in [1.82, 2.24) is 10.2 Å². The van der Waals surface area contributed by atoms with Gasteiger partial charge in [-0.25, -0.2) is 0 Å². The van der Waals surface area contributed by atoms with Gasteiger partial charge in [0, 0.05) is 25.8 Å². The van der Waals surface area contributed by atoms with E-state index in [2.05, 4.69) is 40.5 Å². The van der Waals surface area contributed by atoms with Gasteiger partial charge in [-0.3, -0.25) is 4.90 Å². The molecule has 116 valence electrons. The highest BCUT2D eigenvalue weighted by molar-refractivity contribution is 5.19. The van der Waals surface area contributed by atoms with E-state index < -0.39 is 0 Å². The Morgan fingerprint density at radius 3 is 2.52 bits per heavy atom. The van der Waals surface area contributed by atoms with Gasteiger partial charge in [-0.2, -0.15) is 0 Å². The third kappa shape index (κ3) is 4.29. The van der Waals surface area contributed by atoms with Crippen LogP contribution in [0.1, 0.15) is 37.3 Å². The molecule has 1 N–H and O–H groups in total. The van der Waals surface area contributed by atoms with Gasteiger partial charge in [0.2, 0.25) is 0 Å². The molecule has 0 aliphatic carbocycles. The zero-order chi connectivity index (χ0) is 14.3. The molecule has 0 amide bonds. The highest BCUT2D eigenvalue weighted by atomic mass is 16.5. The van der Waals surface area contributed by atoms with E-state index in [0.717, 1.165) is 32.2 Å². The molecule has 0 saturated carbocycles. The third-order valence-electron chi connectivity index (χ3n) is 4.88. The molecule has 3 nitrogen and oxygen atoms in total. The van der Waals surface area contributed by atoms with Crippen LogP contribution in [0.5, 0.6) is 0 Å². The van der Waals surface area contributed by atoms with E-state index in [1.807, 2.05) is 0 Å². The number of benzene rings is 1. The average molecular weight is 288 g/mol. The molecule has 3 rings (SSSR count). The van der Waals surface area contributed by atoms with Crippen LogP contribution in [0.3, 0.4) is 0 Å². The number of nitrogens with zero attached hydrogens (tertiary/aromatic N) is 1. The van der Waals surface area contributed by atoms with Crippen LogP contribution in [0, 0.1) is 5.92 Å². The van der Waals surface area contributed by atoms with Crippen molar-refractivity contribution in [2.75, 3.05) is 39.4 Å². The van der Waals surface area contributed by atoms with Crippen molar-refractivity contribution >= 4 is 0 Å². The fourth-order valence-corrected chi connectivity index (χ4v) is 3.56. The molecule has 3 heteroatoms. The Morgan fingerprint density at radius 2 is 1.81 bits per heavy atom. The van der Waals surface area contributed by atoms with Crippen LogP contribution >= 0.6 is 0 Å². The topological polar surface area (TPSA) is 24.5 Å². The Kier molecular flexibility index (Phi) is 5.67. The third-order valence-corrected chi connectivity index (χ3v) is 4.88. The molecule has 0 bridgehead atoms. The van der Waals surface area contributed by atoms with E-state index in [4.69, 9.17) is 4.74 Å². The Balaban J connectivity index is 1.54. The first-order chi connectivity index (χ1) is 10.4. The van der Waals surface area contributed by atoms with E-state index in [1.165, 1.54) is 44.3 Å². The van der Waals surface area contributed by atoms with Crippen LogP contribution in [-0.2, 0) is 4.74 Å². The lowest BCUT2D eigenvalue weighted by Gasteiger charge is -2.29. The van der Waals surface area contributed by atoms with E-state index in [-0.39, 0.29) is 0 Å². The summed E-state index contributed by atoms with van der Waals surface area (Å²) in [7, 11) is 0. The molecule has 2 aliphatic heterocycles. The highest BCUT2D eigenvalue weighted by Gasteiger charge is 2.23. The normalized spacial score (nSPS) is 22.5. The summed E-state index contributed by atoms with van der Waals surface area (Å²) in [6.07, 6.45) is 5.13. The summed E-state index contributed by atoms with van der Waals surface area (Å²) in [6.45, 7) is 6.60. The van der Waals surface area contributed by atoms with Crippen molar-refractivity contribution in [3.8, 4) is 0 Å². The van der Waals surface area contributed by atoms with Crippen molar-refractivity contribution in [3.63, 3.8) is 0 Å². The van der Waals surface area contributed by atoms with Crippen LogP contribution in [0.2, 0.25) is 0 Å². The SMILES string of the molecule is c1ccc(C(CNCC2CCOCC2)N2CCCC2)cc1. The predicted octanol–water partition coefficient (Wildman–Crippen LogP) is 2.84. The van der Waals surface area contributed by atoms with Crippen molar-refractivity contribution in [2.24, 2.45) is 5.92 Å². The smallest absolute Gasteiger partial charge is 0.0472 e. The zero-order valence-corrected chi connectivity index (χ0v) is 13.0. The van der Waals surface area contributed by atoms with E-state index in [9.17, 15) is 0 Å².